The van der Waals surface area contributed by atoms with Gasteiger partial charge in [0.25, 0.3) is 0 Å². The van der Waals surface area contributed by atoms with E-state index in [-0.39, 0.29) is 11.8 Å². The van der Waals surface area contributed by atoms with Gasteiger partial charge in [0.05, 0.1) is 12.9 Å². The maximum atomic E-state index is 13.5. The summed E-state index contributed by atoms with van der Waals surface area (Å²) < 4.78 is 15.4. The second kappa shape index (κ2) is 12.8. The lowest BCUT2D eigenvalue weighted by Crippen LogP contribution is -2.38. The third kappa shape index (κ3) is 6.81. The van der Waals surface area contributed by atoms with Crippen LogP contribution in [-0.2, 0) is 13.1 Å². The Bertz CT molecular complexity index is 1750. The number of benzene rings is 3. The highest BCUT2D eigenvalue weighted by molar-refractivity contribution is 6.31. The first-order valence-corrected chi connectivity index (χ1v) is 14.7. The van der Waals surface area contributed by atoms with Gasteiger partial charge in [-0.1, -0.05) is 59.6 Å². The molecule has 0 unspecified atom stereocenters. The summed E-state index contributed by atoms with van der Waals surface area (Å²) in [5.74, 6) is 0.819. The molecule has 3 aromatic carbocycles. The van der Waals surface area contributed by atoms with Crippen LogP contribution in [0.25, 0.3) is 11.2 Å². The number of fused-ring (bicyclic) bond motifs is 1. The second-order valence-electron chi connectivity index (χ2n) is 10.3. The molecule has 220 valence electrons. The van der Waals surface area contributed by atoms with Gasteiger partial charge in [-0.2, -0.15) is 9.97 Å². The van der Waals surface area contributed by atoms with Gasteiger partial charge in [0.1, 0.15) is 5.82 Å². The van der Waals surface area contributed by atoms with Crippen LogP contribution in [0.5, 0.6) is 0 Å². The van der Waals surface area contributed by atoms with Crippen LogP contribution in [0.3, 0.4) is 0 Å². The standard InChI is InChI=1S/C31H29Cl2FN8O/c32-23-6-3-7-25(17-23)37-31(43)41-14-4-13-40(15-16-41)30-38-28(35-18-21-9-11-24(34)12-10-21)27-29(39-30)42(20-36-27)19-22-5-1-2-8-26(22)33/h1-3,5-12,17,20H,4,13-16,18-19H2,(H,37,43)(H,35,38,39). The van der Waals surface area contributed by atoms with Crippen LogP contribution in [0.15, 0.2) is 79.1 Å². The third-order valence-corrected chi connectivity index (χ3v) is 7.87. The number of urea groups is 1. The van der Waals surface area contributed by atoms with Crippen molar-refractivity contribution in [3.8, 4) is 0 Å². The Morgan fingerprint density at radius 2 is 1.77 bits per heavy atom. The topological polar surface area (TPSA) is 91.2 Å². The monoisotopic (exact) mass is 618 g/mol. The molecule has 0 aliphatic carbocycles. The lowest BCUT2D eigenvalue weighted by molar-refractivity contribution is 0.215. The molecular weight excluding hydrogens is 590 g/mol. The van der Waals surface area contributed by atoms with Gasteiger partial charge in [-0.15, -0.1) is 0 Å². The molecule has 2 amide bonds. The van der Waals surface area contributed by atoms with Crippen molar-refractivity contribution in [2.24, 2.45) is 0 Å². The molecule has 5 aromatic rings. The van der Waals surface area contributed by atoms with Gasteiger partial charge in [0.2, 0.25) is 5.95 Å². The number of imidazole rings is 1. The minimum Gasteiger partial charge on any atom is -0.364 e. The van der Waals surface area contributed by atoms with Crippen LogP contribution >= 0.6 is 23.2 Å². The van der Waals surface area contributed by atoms with Crippen LogP contribution in [-0.4, -0.2) is 56.6 Å². The Labute approximate surface area is 258 Å². The molecule has 0 atom stereocenters. The molecule has 12 heteroatoms. The lowest BCUT2D eigenvalue weighted by atomic mass is 10.2. The van der Waals surface area contributed by atoms with Gasteiger partial charge in [-0.05, 0) is 53.9 Å². The fraction of sp³-hybridized carbons (Fsp3) is 0.226. The first-order valence-electron chi connectivity index (χ1n) is 13.9. The van der Waals surface area contributed by atoms with E-state index < -0.39 is 0 Å². The fourth-order valence-corrected chi connectivity index (χ4v) is 5.39. The Morgan fingerprint density at radius 3 is 2.58 bits per heavy atom. The molecule has 0 spiro atoms. The molecule has 1 saturated heterocycles. The van der Waals surface area contributed by atoms with Crippen LogP contribution in [0.1, 0.15) is 17.5 Å². The summed E-state index contributed by atoms with van der Waals surface area (Å²) in [5.41, 5.74) is 3.78. The van der Waals surface area contributed by atoms with Gasteiger partial charge in [-0.3, -0.25) is 0 Å². The van der Waals surface area contributed by atoms with Crippen molar-refractivity contribution in [2.75, 3.05) is 41.7 Å². The molecule has 0 saturated carbocycles. The molecule has 2 aromatic heterocycles. The predicted molar refractivity (Wildman–Crippen MR) is 168 cm³/mol. The molecule has 0 radical (unpaired) electrons. The van der Waals surface area contributed by atoms with E-state index in [4.69, 9.17) is 33.2 Å². The van der Waals surface area contributed by atoms with Crippen molar-refractivity contribution in [1.29, 1.82) is 0 Å². The number of nitrogens with zero attached hydrogens (tertiary/aromatic N) is 6. The van der Waals surface area contributed by atoms with E-state index in [1.807, 2.05) is 34.9 Å². The number of amides is 2. The minimum atomic E-state index is -0.287. The molecule has 1 fully saturated rings. The van der Waals surface area contributed by atoms with Gasteiger partial charge in [0, 0.05) is 48.5 Å². The highest BCUT2D eigenvalue weighted by atomic mass is 35.5. The number of hydrogen-bond donors (Lipinski definition) is 2. The maximum Gasteiger partial charge on any atom is 0.321 e. The smallest absolute Gasteiger partial charge is 0.321 e. The van der Waals surface area contributed by atoms with Crippen LogP contribution in [0.2, 0.25) is 10.0 Å². The predicted octanol–water partition coefficient (Wildman–Crippen LogP) is 6.68. The van der Waals surface area contributed by atoms with E-state index in [0.29, 0.717) is 77.9 Å². The lowest BCUT2D eigenvalue weighted by Gasteiger charge is -2.23. The molecule has 0 bridgehead atoms. The molecule has 9 nitrogen and oxygen atoms in total. The first kappa shape index (κ1) is 28.7. The number of anilines is 3. The summed E-state index contributed by atoms with van der Waals surface area (Å²) in [6, 6.07) is 20.9. The van der Waals surface area contributed by atoms with Gasteiger partial charge in [0.15, 0.2) is 17.0 Å². The number of aromatic nitrogens is 4. The molecule has 6 rings (SSSR count). The van der Waals surface area contributed by atoms with Crippen molar-refractivity contribution in [2.45, 2.75) is 19.5 Å². The van der Waals surface area contributed by atoms with E-state index in [1.165, 1.54) is 12.1 Å². The number of carbonyl (C=O) groups excluding carboxylic acids is 1. The van der Waals surface area contributed by atoms with Crippen molar-refractivity contribution in [1.82, 2.24) is 24.4 Å². The van der Waals surface area contributed by atoms with Gasteiger partial charge in [-0.25, -0.2) is 14.2 Å². The quantitative estimate of drug-likeness (QED) is 0.211. The molecule has 2 N–H and O–H groups in total. The normalized spacial score (nSPS) is 13.7. The zero-order chi connectivity index (χ0) is 29.8. The minimum absolute atomic E-state index is 0.181. The van der Waals surface area contributed by atoms with Crippen LogP contribution in [0, 0.1) is 5.82 Å². The van der Waals surface area contributed by atoms with Crippen molar-refractivity contribution in [3.63, 3.8) is 0 Å². The summed E-state index contributed by atoms with van der Waals surface area (Å²) in [4.78, 5) is 31.4. The van der Waals surface area contributed by atoms with Crippen LogP contribution in [0.4, 0.5) is 26.6 Å². The van der Waals surface area contributed by atoms with E-state index in [0.717, 1.165) is 17.5 Å². The number of nitrogens with one attached hydrogen (secondary N) is 2. The maximum absolute atomic E-state index is 13.5. The van der Waals surface area contributed by atoms with E-state index in [9.17, 15) is 9.18 Å². The average molecular weight is 620 g/mol. The Morgan fingerprint density at radius 1 is 0.930 bits per heavy atom. The SMILES string of the molecule is O=C(Nc1cccc(Cl)c1)N1CCCN(c2nc(NCc3ccc(F)cc3)c3ncn(Cc4ccccc4Cl)c3n2)CC1. The Balaban J connectivity index is 1.26. The highest BCUT2D eigenvalue weighted by Crippen LogP contribution is 2.26. The van der Waals surface area contributed by atoms with E-state index >= 15 is 0 Å². The molecule has 3 heterocycles. The van der Waals surface area contributed by atoms with Gasteiger partial charge >= 0.3 is 6.03 Å². The second-order valence-corrected chi connectivity index (χ2v) is 11.1. The Hall–Kier alpha value is -4.41. The summed E-state index contributed by atoms with van der Waals surface area (Å²) in [5, 5.41) is 7.54. The third-order valence-electron chi connectivity index (χ3n) is 7.27. The van der Waals surface area contributed by atoms with Crippen molar-refractivity contribution < 1.29 is 9.18 Å². The largest absolute Gasteiger partial charge is 0.364 e. The van der Waals surface area contributed by atoms with Gasteiger partial charge < -0.3 is 25.0 Å². The highest BCUT2D eigenvalue weighted by Gasteiger charge is 2.23. The number of carbonyl (C=O) groups is 1. The summed E-state index contributed by atoms with van der Waals surface area (Å²) in [7, 11) is 0. The molecule has 1 aliphatic rings. The number of halogens is 3. The van der Waals surface area contributed by atoms with E-state index in [2.05, 4.69) is 20.5 Å². The summed E-state index contributed by atoms with van der Waals surface area (Å²) in [6.07, 6.45) is 2.47. The summed E-state index contributed by atoms with van der Waals surface area (Å²) in [6.45, 7) is 3.21. The average Bonchev–Trinajstić information content (AvgIpc) is 3.23. The summed E-state index contributed by atoms with van der Waals surface area (Å²) >= 11 is 12.5. The van der Waals surface area contributed by atoms with Crippen LogP contribution < -0.4 is 15.5 Å². The first-order chi connectivity index (χ1) is 20.9. The number of hydrogen-bond acceptors (Lipinski definition) is 6. The Kier molecular flexibility index (Phi) is 8.57. The fourth-order valence-electron chi connectivity index (χ4n) is 5.00. The molecule has 1 aliphatic heterocycles. The van der Waals surface area contributed by atoms with Crippen molar-refractivity contribution >= 4 is 57.9 Å². The molecular formula is C31H29Cl2FN8O. The molecule has 43 heavy (non-hydrogen) atoms. The number of rotatable bonds is 7. The van der Waals surface area contributed by atoms with E-state index in [1.54, 1.807) is 41.6 Å². The zero-order valence-corrected chi connectivity index (χ0v) is 24.7. The zero-order valence-electron chi connectivity index (χ0n) is 23.2. The van der Waals surface area contributed by atoms with Crippen molar-refractivity contribution in [3.05, 3.63) is 106 Å².